The van der Waals surface area contributed by atoms with E-state index in [1.165, 1.54) is 11.3 Å². The van der Waals surface area contributed by atoms with Gasteiger partial charge < -0.3 is 4.57 Å². The molecule has 1 nitrogen and oxygen atoms in total. The molecule has 0 aliphatic heterocycles. The topological polar surface area (TPSA) is 4.93 Å². The number of allylic oxidation sites excluding steroid dienone is 2. The molecule has 0 N–H and O–H groups in total. The van der Waals surface area contributed by atoms with Crippen molar-refractivity contribution in [3.05, 3.63) is 35.7 Å². The van der Waals surface area contributed by atoms with Gasteiger partial charge in [-0.05, 0) is 0 Å². The van der Waals surface area contributed by atoms with E-state index in [1.54, 1.807) is 0 Å². The summed E-state index contributed by atoms with van der Waals surface area (Å²) in [5.74, 6) is 0. The van der Waals surface area contributed by atoms with Gasteiger partial charge in [0.1, 0.15) is 17.7 Å². The second kappa shape index (κ2) is 1.83. The standard InChI is InChI=1S/C9H8N/c1-10-7-6-8-4-2-3-5-9(8)10/h3-7H,1H3/q+1. The SMILES string of the molecule is Cn1ccc2c1C=C[C+]=C2. The van der Waals surface area contributed by atoms with E-state index < -0.39 is 0 Å². The molecule has 0 aromatic carbocycles. The molecule has 48 valence electrons. The molecule has 0 unspecified atom stereocenters. The Morgan fingerprint density at radius 3 is 3.20 bits per heavy atom. The lowest BCUT2D eigenvalue weighted by Gasteiger charge is -1.92. The maximum Gasteiger partial charge on any atom is 0.162 e. The first-order valence-corrected chi connectivity index (χ1v) is 3.29. The van der Waals surface area contributed by atoms with E-state index in [-0.39, 0.29) is 0 Å². The lowest BCUT2D eigenvalue weighted by Crippen LogP contribution is -1.90. The maximum atomic E-state index is 3.04. The average Bonchev–Trinajstić information content (AvgIpc) is 2.34. The van der Waals surface area contributed by atoms with E-state index in [4.69, 9.17) is 0 Å². The van der Waals surface area contributed by atoms with Crippen LogP contribution >= 0.6 is 0 Å². The van der Waals surface area contributed by atoms with Gasteiger partial charge in [-0.2, -0.15) is 0 Å². The van der Waals surface area contributed by atoms with Crippen LogP contribution in [-0.4, -0.2) is 4.57 Å². The molecule has 2 rings (SSSR count). The number of hydrogen-bond donors (Lipinski definition) is 0. The van der Waals surface area contributed by atoms with Gasteiger partial charge in [0, 0.05) is 25.4 Å². The van der Waals surface area contributed by atoms with E-state index in [0.29, 0.717) is 0 Å². The zero-order chi connectivity index (χ0) is 6.97. The third-order valence-electron chi connectivity index (χ3n) is 1.73. The van der Waals surface area contributed by atoms with Crippen molar-refractivity contribution >= 4 is 12.2 Å². The Morgan fingerprint density at radius 1 is 1.50 bits per heavy atom. The Kier molecular flexibility index (Phi) is 0.996. The number of aromatic nitrogens is 1. The summed E-state index contributed by atoms with van der Waals surface area (Å²) in [6.07, 6.45) is 11.1. The molecule has 10 heavy (non-hydrogen) atoms. The first-order chi connectivity index (χ1) is 4.88. The molecule has 0 saturated carbocycles. The molecular weight excluding hydrogens is 122 g/mol. The summed E-state index contributed by atoms with van der Waals surface area (Å²) in [4.78, 5) is 0. The number of aryl methyl sites for hydroxylation is 1. The minimum Gasteiger partial charge on any atom is -0.328 e. The van der Waals surface area contributed by atoms with E-state index in [9.17, 15) is 0 Å². The highest BCUT2D eigenvalue weighted by atomic mass is 14.9. The van der Waals surface area contributed by atoms with Crippen LogP contribution < -0.4 is 0 Å². The minimum atomic E-state index is 1.25. The Balaban J connectivity index is 2.69. The summed E-state index contributed by atoms with van der Waals surface area (Å²) in [5.41, 5.74) is 2.52. The van der Waals surface area contributed by atoms with E-state index >= 15 is 0 Å². The van der Waals surface area contributed by atoms with Crippen LogP contribution in [0.1, 0.15) is 11.3 Å². The number of rotatable bonds is 0. The normalized spacial score (nSPS) is 12.9. The lowest BCUT2D eigenvalue weighted by atomic mass is 10.1. The molecule has 1 aromatic rings. The molecule has 1 aliphatic carbocycles. The van der Waals surface area contributed by atoms with E-state index in [2.05, 4.69) is 29.0 Å². The number of hydrogen-bond acceptors (Lipinski definition) is 0. The van der Waals surface area contributed by atoms with Crippen LogP contribution in [-0.2, 0) is 7.05 Å². The van der Waals surface area contributed by atoms with E-state index in [0.717, 1.165) is 0 Å². The van der Waals surface area contributed by atoms with Crippen LogP contribution in [0.25, 0.3) is 12.2 Å². The monoisotopic (exact) mass is 130 g/mol. The van der Waals surface area contributed by atoms with Crippen molar-refractivity contribution in [1.29, 1.82) is 0 Å². The van der Waals surface area contributed by atoms with Crippen LogP contribution in [0.2, 0.25) is 0 Å². The third-order valence-corrected chi connectivity index (χ3v) is 1.73. The Hall–Kier alpha value is -1.33. The van der Waals surface area contributed by atoms with Crippen molar-refractivity contribution in [1.82, 2.24) is 4.57 Å². The first-order valence-electron chi connectivity index (χ1n) is 3.29. The second-order valence-corrected chi connectivity index (χ2v) is 2.41. The molecule has 0 spiro atoms. The zero-order valence-corrected chi connectivity index (χ0v) is 5.83. The molecule has 1 heterocycles. The van der Waals surface area contributed by atoms with Gasteiger partial charge in [-0.3, -0.25) is 0 Å². The van der Waals surface area contributed by atoms with Crippen molar-refractivity contribution in [2.45, 2.75) is 0 Å². The van der Waals surface area contributed by atoms with Crippen molar-refractivity contribution < 1.29 is 0 Å². The summed E-state index contributed by atoms with van der Waals surface area (Å²) in [7, 11) is 2.04. The van der Waals surface area contributed by atoms with Crippen molar-refractivity contribution in [2.75, 3.05) is 0 Å². The largest absolute Gasteiger partial charge is 0.328 e. The quantitative estimate of drug-likeness (QED) is 0.472. The van der Waals surface area contributed by atoms with Gasteiger partial charge in [0.2, 0.25) is 0 Å². The number of nitrogens with zero attached hydrogens (tertiary/aromatic N) is 1. The second-order valence-electron chi connectivity index (χ2n) is 2.41. The van der Waals surface area contributed by atoms with Crippen molar-refractivity contribution in [2.24, 2.45) is 7.05 Å². The molecule has 1 aliphatic rings. The zero-order valence-electron chi connectivity index (χ0n) is 5.83. The van der Waals surface area contributed by atoms with E-state index in [1.807, 2.05) is 19.2 Å². The molecule has 0 atom stereocenters. The minimum absolute atomic E-state index is 1.25. The summed E-state index contributed by atoms with van der Waals surface area (Å²) < 4.78 is 2.10. The molecular formula is C9H8N+. The highest BCUT2D eigenvalue weighted by Crippen LogP contribution is 2.16. The van der Waals surface area contributed by atoms with Gasteiger partial charge in [0.15, 0.2) is 5.69 Å². The van der Waals surface area contributed by atoms with Gasteiger partial charge in [0.05, 0.1) is 6.08 Å². The summed E-state index contributed by atoms with van der Waals surface area (Å²) >= 11 is 0. The third kappa shape index (κ3) is 0.615. The Morgan fingerprint density at radius 2 is 2.40 bits per heavy atom. The van der Waals surface area contributed by atoms with Gasteiger partial charge in [-0.25, -0.2) is 0 Å². The predicted octanol–water partition coefficient (Wildman–Crippen LogP) is 1.87. The van der Waals surface area contributed by atoms with Crippen molar-refractivity contribution in [3.8, 4) is 0 Å². The molecule has 0 saturated heterocycles. The summed E-state index contributed by atoms with van der Waals surface area (Å²) in [5, 5.41) is 0. The molecule has 0 radical (unpaired) electrons. The smallest absolute Gasteiger partial charge is 0.162 e. The first kappa shape index (κ1) is 5.45. The molecule has 1 heteroatoms. The number of fused-ring (bicyclic) bond motifs is 1. The van der Waals surface area contributed by atoms with Gasteiger partial charge in [-0.15, -0.1) is 0 Å². The Labute approximate surface area is 60.3 Å². The molecule has 1 aromatic heterocycles. The van der Waals surface area contributed by atoms with Crippen LogP contribution in [0.5, 0.6) is 0 Å². The Bertz CT molecular complexity index is 303. The summed E-state index contributed by atoms with van der Waals surface area (Å²) in [6, 6.07) is 2.09. The van der Waals surface area contributed by atoms with Gasteiger partial charge in [-0.1, -0.05) is 0 Å². The molecule has 0 bridgehead atoms. The summed E-state index contributed by atoms with van der Waals surface area (Å²) in [6.45, 7) is 0. The van der Waals surface area contributed by atoms with Gasteiger partial charge >= 0.3 is 0 Å². The van der Waals surface area contributed by atoms with Gasteiger partial charge in [0.25, 0.3) is 0 Å². The van der Waals surface area contributed by atoms with Crippen molar-refractivity contribution in [3.63, 3.8) is 0 Å². The fourth-order valence-corrected chi connectivity index (χ4v) is 1.16. The highest BCUT2D eigenvalue weighted by Gasteiger charge is 2.10. The van der Waals surface area contributed by atoms with Crippen LogP contribution in [0, 0.1) is 6.08 Å². The fraction of sp³-hybridized carbons (Fsp3) is 0.111. The predicted molar refractivity (Wildman–Crippen MR) is 42.2 cm³/mol. The molecule has 0 fully saturated rings. The highest BCUT2D eigenvalue weighted by molar-refractivity contribution is 5.67. The lowest BCUT2D eigenvalue weighted by molar-refractivity contribution is 0.913. The van der Waals surface area contributed by atoms with Crippen LogP contribution in [0.4, 0.5) is 0 Å². The molecule has 0 amide bonds. The average molecular weight is 130 g/mol. The maximum absolute atomic E-state index is 3.04. The fourth-order valence-electron chi connectivity index (χ4n) is 1.16. The van der Waals surface area contributed by atoms with Crippen LogP contribution in [0.15, 0.2) is 18.3 Å². The van der Waals surface area contributed by atoms with Crippen LogP contribution in [0.3, 0.4) is 0 Å².